The molecule has 1 unspecified atom stereocenters. The lowest BCUT2D eigenvalue weighted by Crippen LogP contribution is -2.19. The van der Waals surface area contributed by atoms with Crippen molar-refractivity contribution in [2.24, 2.45) is 0 Å². The highest BCUT2D eigenvalue weighted by molar-refractivity contribution is 6.31. The minimum Gasteiger partial charge on any atom is -0.481 e. The molecule has 4 aromatic rings. The Morgan fingerprint density at radius 2 is 1.81 bits per heavy atom. The number of carbonyl (C=O) groups excluding carboxylic acids is 1. The number of amides is 1. The summed E-state index contributed by atoms with van der Waals surface area (Å²) >= 11 is 6.23. The number of benzene rings is 2. The van der Waals surface area contributed by atoms with Crippen molar-refractivity contribution in [2.75, 3.05) is 5.32 Å². The number of rotatable bonds is 7. The highest BCUT2D eigenvalue weighted by Gasteiger charge is 2.51. The van der Waals surface area contributed by atoms with Crippen LogP contribution in [-0.2, 0) is 14.9 Å². The number of aryl methyl sites for hydroxylation is 1. The second-order valence-corrected chi connectivity index (χ2v) is 9.68. The van der Waals surface area contributed by atoms with Gasteiger partial charge in [-0.1, -0.05) is 54.1 Å². The van der Waals surface area contributed by atoms with Crippen molar-refractivity contribution in [1.82, 2.24) is 9.55 Å². The van der Waals surface area contributed by atoms with E-state index in [1.54, 1.807) is 19.2 Å². The number of hydrogen-bond acceptors (Lipinski definition) is 4. The number of nitrogens with one attached hydrogen (secondary N) is 1. The number of ether oxygens (including phenoxy) is 1. The maximum absolute atomic E-state index is 12.7. The smallest absolute Gasteiger partial charge is 0.413 e. The Kier molecular flexibility index (Phi) is 6.48. The largest absolute Gasteiger partial charge is 0.481 e. The normalized spacial score (nSPS) is 14.6. The number of nitrogens with zero attached hydrogens (tertiary/aromatic N) is 2. The van der Waals surface area contributed by atoms with E-state index in [-0.39, 0.29) is 0 Å². The molecule has 0 bridgehead atoms. The minimum absolute atomic E-state index is 0.518. The third kappa shape index (κ3) is 4.82. The Balaban J connectivity index is 1.30. The van der Waals surface area contributed by atoms with Gasteiger partial charge in [-0.2, -0.15) is 0 Å². The van der Waals surface area contributed by atoms with Crippen molar-refractivity contribution < 1.29 is 19.4 Å². The molecular weight excluding hydrogens is 490 g/mol. The van der Waals surface area contributed by atoms with Gasteiger partial charge in [0, 0.05) is 22.3 Å². The van der Waals surface area contributed by atoms with Gasteiger partial charge in [0.2, 0.25) is 0 Å². The highest BCUT2D eigenvalue weighted by atomic mass is 35.5. The molecule has 37 heavy (non-hydrogen) atoms. The summed E-state index contributed by atoms with van der Waals surface area (Å²) < 4.78 is 7.40. The number of carbonyl (C=O) groups is 2. The molecule has 2 aromatic heterocycles. The van der Waals surface area contributed by atoms with Crippen LogP contribution in [0.4, 0.5) is 10.6 Å². The molecule has 1 aliphatic carbocycles. The molecule has 2 aromatic carbocycles. The monoisotopic (exact) mass is 515 g/mol. The van der Waals surface area contributed by atoms with Crippen LogP contribution in [0.5, 0.6) is 0 Å². The van der Waals surface area contributed by atoms with Gasteiger partial charge in [0.25, 0.3) is 0 Å². The molecule has 0 saturated heterocycles. The molecule has 7 nitrogen and oxygen atoms in total. The molecule has 5 rings (SSSR count). The van der Waals surface area contributed by atoms with E-state index < -0.39 is 23.6 Å². The van der Waals surface area contributed by atoms with Crippen molar-refractivity contribution in [3.63, 3.8) is 0 Å². The topological polar surface area (TPSA) is 93.5 Å². The predicted octanol–water partition coefficient (Wildman–Crippen LogP) is 6.93. The van der Waals surface area contributed by atoms with Crippen LogP contribution in [0.2, 0.25) is 5.02 Å². The number of halogens is 1. The lowest BCUT2D eigenvalue weighted by atomic mass is 9.95. The van der Waals surface area contributed by atoms with Crippen LogP contribution in [0.1, 0.15) is 42.6 Å². The van der Waals surface area contributed by atoms with Gasteiger partial charge in [0.15, 0.2) is 0 Å². The Morgan fingerprint density at radius 1 is 1.08 bits per heavy atom. The van der Waals surface area contributed by atoms with Crippen LogP contribution in [0.25, 0.3) is 16.9 Å². The first-order valence-corrected chi connectivity index (χ1v) is 12.4. The van der Waals surface area contributed by atoms with E-state index >= 15 is 0 Å². The van der Waals surface area contributed by atoms with E-state index in [9.17, 15) is 14.7 Å². The van der Waals surface area contributed by atoms with E-state index in [4.69, 9.17) is 16.3 Å². The van der Waals surface area contributed by atoms with Gasteiger partial charge in [-0.15, -0.1) is 0 Å². The van der Waals surface area contributed by atoms with Crippen LogP contribution < -0.4 is 5.32 Å². The second-order valence-electron chi connectivity index (χ2n) is 9.28. The zero-order valence-corrected chi connectivity index (χ0v) is 21.2. The molecule has 1 saturated carbocycles. The lowest BCUT2D eigenvalue weighted by molar-refractivity contribution is -0.140. The van der Waals surface area contributed by atoms with Gasteiger partial charge in [-0.05, 0) is 62.1 Å². The molecule has 1 fully saturated rings. The average Bonchev–Trinajstić information content (AvgIpc) is 3.64. The molecule has 2 heterocycles. The molecule has 0 radical (unpaired) electrons. The number of aromatic nitrogens is 2. The van der Waals surface area contributed by atoms with Crippen LogP contribution in [0, 0.1) is 6.92 Å². The summed E-state index contributed by atoms with van der Waals surface area (Å²) in [4.78, 5) is 28.9. The number of pyridine rings is 1. The second kappa shape index (κ2) is 9.75. The number of carboxylic acid groups (broad SMARTS) is 1. The molecule has 0 spiro atoms. The summed E-state index contributed by atoms with van der Waals surface area (Å²) in [5, 5.41) is 12.9. The third-order valence-electron chi connectivity index (χ3n) is 6.85. The summed E-state index contributed by atoms with van der Waals surface area (Å²) in [6.45, 7) is 3.67. The lowest BCUT2D eigenvalue weighted by Gasteiger charge is -2.17. The molecule has 0 aliphatic heterocycles. The van der Waals surface area contributed by atoms with E-state index in [1.807, 2.05) is 78.4 Å². The van der Waals surface area contributed by atoms with Crippen LogP contribution in [-0.4, -0.2) is 26.7 Å². The van der Waals surface area contributed by atoms with Crippen molar-refractivity contribution >= 4 is 29.5 Å². The molecule has 8 heteroatoms. The van der Waals surface area contributed by atoms with E-state index in [1.165, 1.54) is 0 Å². The molecular formula is C29H26ClN3O4. The van der Waals surface area contributed by atoms with Crippen LogP contribution >= 0.6 is 11.6 Å². The summed E-state index contributed by atoms with van der Waals surface area (Å²) in [5.74, 6) is -0.185. The summed E-state index contributed by atoms with van der Waals surface area (Å²) in [6.07, 6.45) is 3.83. The number of hydrogen-bond donors (Lipinski definition) is 2. The number of carboxylic acids is 1. The summed E-state index contributed by atoms with van der Waals surface area (Å²) in [5.41, 5.74) is 4.14. The van der Waals surface area contributed by atoms with Gasteiger partial charge < -0.3 is 14.4 Å². The average molecular weight is 516 g/mol. The van der Waals surface area contributed by atoms with Crippen molar-refractivity contribution in [3.05, 3.63) is 101 Å². The fourth-order valence-corrected chi connectivity index (χ4v) is 4.76. The molecule has 1 amide bonds. The van der Waals surface area contributed by atoms with E-state index in [2.05, 4.69) is 10.3 Å². The van der Waals surface area contributed by atoms with Gasteiger partial charge in [-0.3, -0.25) is 15.1 Å². The summed E-state index contributed by atoms with van der Waals surface area (Å²) in [7, 11) is 0. The van der Waals surface area contributed by atoms with Crippen LogP contribution in [0.15, 0.2) is 79.1 Å². The fourth-order valence-electron chi connectivity index (χ4n) is 4.47. The predicted molar refractivity (Wildman–Crippen MR) is 142 cm³/mol. The van der Waals surface area contributed by atoms with Crippen molar-refractivity contribution in [2.45, 2.75) is 38.2 Å². The van der Waals surface area contributed by atoms with Gasteiger partial charge >= 0.3 is 12.1 Å². The summed E-state index contributed by atoms with van der Waals surface area (Å²) in [6, 6.07) is 20.5. The van der Waals surface area contributed by atoms with Crippen molar-refractivity contribution in [3.8, 4) is 16.9 Å². The standard InChI is InChI=1S/C29H26ClN3O4/c1-18-13-16-33(26(18)32-28(36)37-19(2)23-5-3-4-6-24(23)30)22-11-12-25(31-17-22)20-7-9-21(10-8-20)29(14-15-29)27(34)35/h3-13,16-17,19H,14-15H2,1-2H3,(H,32,36)(H,34,35). The Hall–Kier alpha value is -4.10. The molecule has 1 aliphatic rings. The zero-order chi connectivity index (χ0) is 26.2. The minimum atomic E-state index is -0.767. The van der Waals surface area contributed by atoms with E-state index in [0.717, 1.165) is 33.6 Å². The fraction of sp³-hybridized carbons (Fsp3) is 0.207. The molecule has 2 N–H and O–H groups in total. The van der Waals surface area contributed by atoms with Crippen LogP contribution in [0.3, 0.4) is 0 Å². The highest BCUT2D eigenvalue weighted by Crippen LogP contribution is 2.48. The Labute approximate surface area is 219 Å². The first-order valence-electron chi connectivity index (χ1n) is 12.0. The third-order valence-corrected chi connectivity index (χ3v) is 7.20. The first kappa shape index (κ1) is 24.6. The van der Waals surface area contributed by atoms with Gasteiger partial charge in [0.1, 0.15) is 11.9 Å². The number of aliphatic carboxylic acids is 1. The van der Waals surface area contributed by atoms with E-state index in [0.29, 0.717) is 23.7 Å². The quantitative estimate of drug-likeness (QED) is 0.278. The molecule has 188 valence electrons. The van der Waals surface area contributed by atoms with Crippen molar-refractivity contribution in [1.29, 1.82) is 0 Å². The maximum Gasteiger partial charge on any atom is 0.413 e. The SMILES string of the molecule is Cc1ccn(-c2ccc(-c3ccc(C4(C(=O)O)CC4)cc3)nc2)c1NC(=O)OC(C)c1ccccc1Cl. The van der Waals surface area contributed by atoms with Gasteiger partial charge in [-0.25, -0.2) is 4.79 Å². The Morgan fingerprint density at radius 3 is 2.43 bits per heavy atom. The Bertz CT molecular complexity index is 1460. The first-order chi connectivity index (χ1) is 17.8. The zero-order valence-electron chi connectivity index (χ0n) is 20.4. The molecule has 1 atom stereocenters. The van der Waals surface area contributed by atoms with Gasteiger partial charge in [0.05, 0.1) is 23.0 Å². The maximum atomic E-state index is 12.7. The number of anilines is 1.